The van der Waals surface area contributed by atoms with Crippen molar-refractivity contribution in [3.8, 4) is 0 Å². The van der Waals surface area contributed by atoms with E-state index < -0.39 is 60.1 Å². The number of fused-ring (bicyclic) bond motifs is 2. The predicted octanol–water partition coefficient (Wildman–Crippen LogP) is -0.759. The molecule has 1 unspecified atom stereocenters. The summed E-state index contributed by atoms with van der Waals surface area (Å²) in [5.74, 6) is -5.36. The van der Waals surface area contributed by atoms with Crippen LogP contribution in [0.25, 0.3) is 0 Å². The van der Waals surface area contributed by atoms with E-state index in [0.29, 0.717) is 88.8 Å². The Labute approximate surface area is 766 Å². The van der Waals surface area contributed by atoms with Crippen molar-refractivity contribution in [2.75, 3.05) is 88.1 Å². The fourth-order valence-corrected chi connectivity index (χ4v) is 13.3. The van der Waals surface area contributed by atoms with E-state index in [1.807, 2.05) is 111 Å². The second-order valence-corrected chi connectivity index (χ2v) is 27.9. The number of aliphatic hydroxyl groups is 2. The minimum Gasteiger partial charge on any atom is -1.00 e. The molecule has 7 aliphatic rings. The number of piperidine rings is 5. The molecule has 662 valence electrons. The fraction of sp³-hybridized carbons (Fsp3) is 0.494. The van der Waals surface area contributed by atoms with Crippen molar-refractivity contribution in [2.24, 2.45) is 29.6 Å². The Morgan fingerprint density at radius 3 is 1.21 bits per heavy atom. The van der Waals surface area contributed by atoms with Crippen molar-refractivity contribution >= 4 is 102 Å². The van der Waals surface area contributed by atoms with Gasteiger partial charge < -0.3 is 128 Å². The summed E-state index contributed by atoms with van der Waals surface area (Å²) in [6.45, 7) is 7.84. The van der Waals surface area contributed by atoms with Crippen LogP contribution in [0.1, 0.15) is 127 Å². The van der Waals surface area contributed by atoms with Gasteiger partial charge in [0.15, 0.2) is 0 Å². The smallest absolute Gasteiger partial charge is 1.00 e. The minimum atomic E-state index is -0.821. The molecule has 2 aromatic heterocycles. The molecule has 36 nitrogen and oxygen atoms in total. The molecule has 5 amide bonds. The molecular weight excluding hydrogens is 1680 g/mol. The van der Waals surface area contributed by atoms with Crippen LogP contribution in [-0.2, 0) is 102 Å². The van der Waals surface area contributed by atoms with E-state index in [1.165, 1.54) is 72.4 Å². The van der Waals surface area contributed by atoms with Gasteiger partial charge in [0.25, 0.3) is 0 Å². The third kappa shape index (κ3) is 37.1. The number of benzene rings is 3. The van der Waals surface area contributed by atoms with Crippen molar-refractivity contribution in [3.63, 3.8) is 0 Å². The zero-order chi connectivity index (χ0) is 84.8. The first kappa shape index (κ1) is 116. The zero-order valence-electron chi connectivity index (χ0n) is 71.4. The van der Waals surface area contributed by atoms with Gasteiger partial charge in [-0.3, -0.25) is 38.8 Å². The molecule has 11 atom stereocenters. The van der Waals surface area contributed by atoms with E-state index in [0.717, 1.165) is 53.6 Å². The molecular formula is C83H110BrLi2MgN7O29. The molecule has 123 heavy (non-hydrogen) atoms. The number of hydrogen-bond acceptors (Lipinski definition) is 29. The Morgan fingerprint density at radius 2 is 0.862 bits per heavy atom. The first-order chi connectivity index (χ1) is 55.7. The second kappa shape index (κ2) is 61.0. The molecule has 6 N–H and O–H groups in total. The number of rotatable bonds is 17. The quantitative estimate of drug-likeness (QED) is 0.0292. The summed E-state index contributed by atoms with van der Waals surface area (Å²) in [6, 6.07) is 34.0. The van der Waals surface area contributed by atoms with E-state index in [-0.39, 0.29) is 220 Å². The largest absolute Gasteiger partial charge is 2.00 e. The van der Waals surface area contributed by atoms with Crippen LogP contribution in [0.3, 0.4) is 0 Å². The summed E-state index contributed by atoms with van der Waals surface area (Å²) in [5.41, 5.74) is 5.47. The van der Waals surface area contributed by atoms with Gasteiger partial charge in [0.2, 0.25) is 0 Å². The van der Waals surface area contributed by atoms with E-state index in [2.05, 4.69) is 19.4 Å². The van der Waals surface area contributed by atoms with Gasteiger partial charge >= 0.3 is 133 Å². The van der Waals surface area contributed by atoms with Crippen LogP contribution < -0.4 is 54.7 Å². The number of amides is 5. The maximum absolute atomic E-state index is 12.4. The molecule has 0 aliphatic carbocycles. The Balaban J connectivity index is 0. The number of aromatic nitrogens is 2. The fourth-order valence-electron chi connectivity index (χ4n) is 13.3. The maximum Gasteiger partial charge on any atom is 2.00 e. The van der Waals surface area contributed by atoms with Crippen LogP contribution in [0.5, 0.6) is 0 Å². The average molecular weight is 1790 g/mol. The maximum atomic E-state index is 12.4. The number of aryl methyl sites for hydroxylation is 2. The number of ether oxygens (including phenoxy) is 10. The summed E-state index contributed by atoms with van der Waals surface area (Å²) in [6.07, 6.45) is 7.60. The number of carboxylic acids is 2. The summed E-state index contributed by atoms with van der Waals surface area (Å²) >= 11 is 0. The van der Waals surface area contributed by atoms with Crippen LogP contribution >= 0.6 is 0 Å². The minimum absolute atomic E-state index is 0. The first-order valence-electron chi connectivity index (χ1n) is 38.0. The van der Waals surface area contributed by atoms with Crippen molar-refractivity contribution in [3.05, 3.63) is 174 Å². The van der Waals surface area contributed by atoms with E-state index >= 15 is 0 Å². The third-order valence-corrected chi connectivity index (χ3v) is 20.1. The number of pyridine rings is 2. The molecule has 0 spiro atoms. The van der Waals surface area contributed by atoms with Crippen LogP contribution in [0, 0.1) is 43.9 Å². The number of esters is 5. The molecule has 3 aromatic carbocycles. The SMILES string of the molecule is CCc1ccc(C(=O)OC)cn1.COC(=O)[C@H]1CC[C@H](C(C)O)N(C(=O)OCc2ccccc2)C1.COC(=O)[C@H]1CC[C@H](C=O)N(C(=O)OCc2ccccc2)C1.COC(=O)[C@H]1CC[C@H](CO)N(C(=O)OCc2ccccc2)C1.COC(=O)c1ccc(C)nc1.O=C(O)[C@H]1CC[C@@H]2COC(=O)N2C1.O=C(O)[C@H]1CC[C@@H]2COC(=O)N2C1.[Br-].[CH3-].[Li+].[Li+].[Mg+2].[OH-].[OH-]. The topological polar surface area (TPSA) is 497 Å². The van der Waals surface area contributed by atoms with Crippen molar-refractivity contribution < 1.29 is 196 Å². The number of carbonyl (C=O) groups excluding carboxylic acids is 11. The van der Waals surface area contributed by atoms with Gasteiger partial charge in [0.1, 0.15) is 39.3 Å². The summed E-state index contributed by atoms with van der Waals surface area (Å²) in [5, 5.41) is 36.8. The summed E-state index contributed by atoms with van der Waals surface area (Å²) in [4.78, 5) is 164. The Bertz CT molecular complexity index is 3980. The van der Waals surface area contributed by atoms with Crippen molar-refractivity contribution in [1.29, 1.82) is 0 Å². The number of aldehydes is 1. The van der Waals surface area contributed by atoms with Gasteiger partial charge in [0, 0.05) is 56.5 Å². The van der Waals surface area contributed by atoms with E-state index in [9.17, 15) is 72.5 Å². The summed E-state index contributed by atoms with van der Waals surface area (Å²) in [7, 11) is 6.68. The molecule has 7 fully saturated rings. The molecule has 0 radical (unpaired) electrons. The molecule has 7 aliphatic heterocycles. The molecule has 0 bridgehead atoms. The number of aliphatic hydroxyl groups excluding tert-OH is 2. The number of aliphatic carboxylic acids is 2. The first-order valence-corrected chi connectivity index (χ1v) is 38.0. The molecule has 7 saturated heterocycles. The number of carbonyl (C=O) groups is 13. The number of cyclic esters (lactones) is 2. The normalized spacial score (nSPS) is 20.4. The summed E-state index contributed by atoms with van der Waals surface area (Å²) < 4.78 is 48.7. The number of nitrogens with zero attached hydrogens (tertiary/aromatic N) is 7. The molecule has 12 rings (SSSR count). The number of hydrogen-bond donors (Lipinski definition) is 4. The number of carboxylic acid groups (broad SMARTS) is 2. The van der Waals surface area contributed by atoms with Crippen molar-refractivity contribution in [2.45, 2.75) is 148 Å². The molecule has 9 heterocycles. The van der Waals surface area contributed by atoms with Gasteiger partial charge in [-0.25, -0.2) is 33.6 Å². The Hall–Kier alpha value is -9.45. The second-order valence-electron chi connectivity index (χ2n) is 27.9. The zero-order valence-corrected chi connectivity index (χ0v) is 74.4. The number of methoxy groups -OCH3 is 5. The predicted molar refractivity (Wildman–Crippen MR) is 426 cm³/mol. The molecule has 40 heteroatoms. The van der Waals surface area contributed by atoms with Gasteiger partial charge in [-0.1, -0.05) is 97.9 Å². The van der Waals surface area contributed by atoms with Gasteiger partial charge in [-0.2, -0.15) is 0 Å². The van der Waals surface area contributed by atoms with E-state index in [1.54, 1.807) is 25.1 Å². The Kier molecular flexibility index (Phi) is 57.3. The van der Waals surface area contributed by atoms with Gasteiger partial charge in [-0.15, -0.1) is 0 Å². The monoisotopic (exact) mass is 1790 g/mol. The molecule has 0 saturated carbocycles. The standard InChI is InChI=1S/C17H23NO5.C16H21NO5.C16H19NO5.C9H11NO2.2C8H11NO4.C8H9NO2.CH3.BrH.2Li.Mg.2H2O/c1-12(19)15-9-8-14(16(20)22-2)10-18(15)17(21)23-11-13-6-4-3-5-7-13;2*1-21-15(19)13-7-8-14(10-18)17(9-13)16(20)22-11-12-5-3-2-4-6-12;1-3-8-5-4-7(6-10-8)9(11)12-2;2*10-7(11)5-1-2-6-4-13-8(12)9(6)3-5;1-6-3-4-7(5-9-6)8(10)11-2;;;;;;;/h3-7,12,14-15,19H,8-11H2,1-2H3;2-6,13-14,18H,7-11H2,1H3;2-6,10,13-14H,7-9,11H2,1H3;4-6H,3H2,1-2H3;2*5-6H,1-4H2,(H,10,11);3-5H,1-2H3;1H3;1H;;;;2*1H2/q;;;;;;;-1;;2*+1;+2;;/p-3/t12?,14-,15+;2*13-,14+;;2*5-,6+;;;;;;;;/m000.00......../s1. The van der Waals surface area contributed by atoms with Crippen LogP contribution in [0.2, 0.25) is 0 Å². The number of likely N-dealkylation sites (tertiary alicyclic amines) is 3. The van der Waals surface area contributed by atoms with Gasteiger partial charge in [-0.05, 0) is 125 Å². The molecule has 5 aromatic rings. The van der Waals surface area contributed by atoms with Gasteiger partial charge in [0.05, 0.1) is 119 Å². The third-order valence-electron chi connectivity index (χ3n) is 20.1. The van der Waals surface area contributed by atoms with E-state index in [4.69, 9.17) is 48.1 Å². The Morgan fingerprint density at radius 1 is 0.496 bits per heavy atom. The van der Waals surface area contributed by atoms with Crippen molar-refractivity contribution in [1.82, 2.24) is 34.5 Å². The van der Waals surface area contributed by atoms with Crippen LogP contribution in [0.4, 0.5) is 24.0 Å². The van der Waals surface area contributed by atoms with Crippen LogP contribution in [0.15, 0.2) is 128 Å². The van der Waals surface area contributed by atoms with Crippen LogP contribution in [-0.4, -0.2) is 292 Å². The average Bonchev–Trinajstić information content (AvgIpc) is 1.79. The number of halogens is 1.